The van der Waals surface area contributed by atoms with E-state index in [1.807, 2.05) is 24.3 Å². The molecule has 4 N–H and O–H groups in total. The molecule has 7 rings (SSSR count). The molecule has 2 aliphatic rings. The zero-order chi connectivity index (χ0) is 25.0. The number of anilines is 2. The van der Waals surface area contributed by atoms with Gasteiger partial charge in [-0.3, -0.25) is 4.57 Å². The van der Waals surface area contributed by atoms with E-state index >= 15 is 0 Å². The Hall–Kier alpha value is -3.94. The summed E-state index contributed by atoms with van der Waals surface area (Å²) in [5.74, 6) is 1.16. The Balaban J connectivity index is 0.00000264. The normalized spacial score (nSPS) is 16.0. The summed E-state index contributed by atoms with van der Waals surface area (Å²) in [4.78, 5) is 16.8. The van der Waals surface area contributed by atoms with Crippen LogP contribution in [0.15, 0.2) is 79.0 Å². The van der Waals surface area contributed by atoms with Gasteiger partial charge in [-0.25, -0.2) is 15.0 Å². The van der Waals surface area contributed by atoms with Gasteiger partial charge in [0, 0.05) is 41.8 Å². The Kier molecular flexibility index (Phi) is 6.05. The number of halogens is 1. The van der Waals surface area contributed by atoms with Crippen LogP contribution in [0.3, 0.4) is 0 Å². The first-order valence-corrected chi connectivity index (χ1v) is 12.9. The molecule has 192 valence electrons. The highest BCUT2D eigenvalue weighted by atomic mass is 35.5. The van der Waals surface area contributed by atoms with E-state index in [0.29, 0.717) is 5.82 Å². The molecule has 0 amide bonds. The molecule has 7 nitrogen and oxygen atoms in total. The van der Waals surface area contributed by atoms with E-state index in [2.05, 4.69) is 63.0 Å². The molecular formula is C30H30ClN7. The van der Waals surface area contributed by atoms with Gasteiger partial charge >= 0.3 is 0 Å². The monoisotopic (exact) mass is 523 g/mol. The quantitative estimate of drug-likeness (QED) is 0.306. The van der Waals surface area contributed by atoms with Gasteiger partial charge in [0.2, 0.25) is 0 Å². The lowest BCUT2D eigenvalue weighted by Crippen LogP contribution is -2.43. The summed E-state index contributed by atoms with van der Waals surface area (Å²) in [6, 6.07) is 25.0. The van der Waals surface area contributed by atoms with Crippen molar-refractivity contribution in [3.05, 3.63) is 84.6 Å². The fourth-order valence-corrected chi connectivity index (χ4v) is 5.38. The number of rotatable bonds is 5. The number of hydrogen-bond donors (Lipinski definition) is 2. The van der Waals surface area contributed by atoms with Gasteiger partial charge < -0.3 is 16.4 Å². The maximum Gasteiger partial charge on any atom is 0.165 e. The van der Waals surface area contributed by atoms with Crippen LogP contribution in [0.1, 0.15) is 31.2 Å². The maximum absolute atomic E-state index is 6.60. The predicted molar refractivity (Wildman–Crippen MR) is 156 cm³/mol. The molecular weight excluding hydrogens is 494 g/mol. The van der Waals surface area contributed by atoms with Crippen LogP contribution in [0, 0.1) is 0 Å². The van der Waals surface area contributed by atoms with Gasteiger partial charge in [-0.2, -0.15) is 0 Å². The first kappa shape index (κ1) is 24.4. The van der Waals surface area contributed by atoms with Crippen LogP contribution in [0.4, 0.5) is 11.5 Å². The molecule has 8 heteroatoms. The van der Waals surface area contributed by atoms with Crippen molar-refractivity contribution in [1.29, 1.82) is 0 Å². The van der Waals surface area contributed by atoms with E-state index in [1.54, 1.807) is 6.20 Å². The molecule has 2 fully saturated rings. The Morgan fingerprint density at radius 3 is 2.32 bits per heavy atom. The number of nitrogens with two attached hydrogens (primary N) is 2. The Labute approximate surface area is 227 Å². The molecule has 1 aliphatic carbocycles. The van der Waals surface area contributed by atoms with E-state index in [1.165, 1.54) is 24.1 Å². The fraction of sp³-hybridized carbons (Fsp3) is 0.233. The average Bonchev–Trinajstić information content (AvgIpc) is 3.25. The van der Waals surface area contributed by atoms with E-state index in [0.717, 1.165) is 65.4 Å². The van der Waals surface area contributed by atoms with Crippen molar-refractivity contribution in [2.45, 2.75) is 31.2 Å². The minimum Gasteiger partial charge on any atom is -0.383 e. The van der Waals surface area contributed by atoms with Crippen molar-refractivity contribution < 1.29 is 0 Å². The Morgan fingerprint density at radius 2 is 1.63 bits per heavy atom. The second-order valence-electron chi connectivity index (χ2n) is 10.2. The zero-order valence-electron chi connectivity index (χ0n) is 21.0. The maximum atomic E-state index is 6.60. The lowest BCUT2D eigenvalue weighted by Gasteiger charge is -2.38. The summed E-state index contributed by atoms with van der Waals surface area (Å²) in [5, 5.41) is 0. The standard InChI is InChI=1S/C30H29N7.ClH/c31-27-24(7-2-16-33-27)28-35-26-13-12-25(20-5-1-6-23(19-20)36-17-4-18-36)34-29(26)37(28)22-10-8-21(9-11-22)30(32)14-3-15-30;/h1-2,5-13,16,19H,3-4,14-15,17-18,32H2,(H2,31,33);1H. The highest BCUT2D eigenvalue weighted by Crippen LogP contribution is 2.39. The van der Waals surface area contributed by atoms with E-state index in [9.17, 15) is 0 Å². The van der Waals surface area contributed by atoms with Crippen molar-refractivity contribution >= 4 is 35.1 Å². The first-order chi connectivity index (χ1) is 18.1. The Morgan fingerprint density at radius 1 is 0.816 bits per heavy atom. The van der Waals surface area contributed by atoms with Gasteiger partial charge in [0.05, 0.1) is 11.3 Å². The predicted octanol–water partition coefficient (Wildman–Crippen LogP) is 5.70. The number of hydrogen-bond acceptors (Lipinski definition) is 6. The minimum absolute atomic E-state index is 0. The first-order valence-electron chi connectivity index (χ1n) is 12.9. The molecule has 1 saturated heterocycles. The molecule has 0 atom stereocenters. The van der Waals surface area contributed by atoms with Crippen molar-refractivity contribution in [1.82, 2.24) is 19.5 Å². The summed E-state index contributed by atoms with van der Waals surface area (Å²) in [7, 11) is 0. The van der Waals surface area contributed by atoms with Crippen LogP contribution < -0.4 is 16.4 Å². The molecule has 38 heavy (non-hydrogen) atoms. The molecule has 0 radical (unpaired) electrons. The highest BCUT2D eigenvalue weighted by molar-refractivity contribution is 5.85. The fourth-order valence-electron chi connectivity index (χ4n) is 5.38. The third-order valence-electron chi connectivity index (χ3n) is 7.89. The number of imidazole rings is 1. The topological polar surface area (TPSA) is 98.9 Å². The SMILES string of the molecule is Cl.Nc1ncccc1-c1nc2ccc(-c3cccc(N4CCC4)c3)nc2n1-c1ccc(C2(N)CCC2)cc1. The number of fused-ring (bicyclic) bond motifs is 1. The van der Waals surface area contributed by atoms with Crippen molar-refractivity contribution in [3.63, 3.8) is 0 Å². The highest BCUT2D eigenvalue weighted by Gasteiger charge is 2.34. The summed E-state index contributed by atoms with van der Waals surface area (Å²) in [6.07, 6.45) is 6.18. The van der Waals surface area contributed by atoms with Crippen LogP contribution in [0.2, 0.25) is 0 Å². The van der Waals surface area contributed by atoms with Gasteiger partial charge in [-0.15, -0.1) is 12.4 Å². The molecule has 2 aromatic carbocycles. The molecule has 1 saturated carbocycles. The smallest absolute Gasteiger partial charge is 0.165 e. The van der Waals surface area contributed by atoms with Crippen molar-refractivity contribution in [3.8, 4) is 28.3 Å². The number of pyridine rings is 2. The molecule has 3 aromatic heterocycles. The second-order valence-corrected chi connectivity index (χ2v) is 10.2. The lowest BCUT2D eigenvalue weighted by atomic mass is 9.73. The third-order valence-corrected chi connectivity index (χ3v) is 7.89. The largest absolute Gasteiger partial charge is 0.383 e. The van der Waals surface area contributed by atoms with Gasteiger partial charge in [-0.1, -0.05) is 24.3 Å². The molecule has 0 unspecified atom stereocenters. The Bertz CT molecular complexity index is 1620. The number of nitrogens with zero attached hydrogens (tertiary/aromatic N) is 5. The average molecular weight is 524 g/mol. The lowest BCUT2D eigenvalue weighted by molar-refractivity contribution is 0.253. The van der Waals surface area contributed by atoms with E-state index in [-0.39, 0.29) is 17.9 Å². The van der Waals surface area contributed by atoms with Crippen LogP contribution >= 0.6 is 12.4 Å². The van der Waals surface area contributed by atoms with Gasteiger partial charge in [0.15, 0.2) is 11.5 Å². The summed E-state index contributed by atoms with van der Waals surface area (Å²) >= 11 is 0. The van der Waals surface area contributed by atoms with Crippen LogP contribution in [0.5, 0.6) is 0 Å². The van der Waals surface area contributed by atoms with Gasteiger partial charge in [0.1, 0.15) is 11.3 Å². The van der Waals surface area contributed by atoms with Crippen molar-refractivity contribution in [2.24, 2.45) is 5.73 Å². The van der Waals surface area contributed by atoms with Crippen LogP contribution in [-0.2, 0) is 5.54 Å². The molecule has 1 aliphatic heterocycles. The number of nitrogen functional groups attached to an aromatic ring is 1. The molecule has 4 heterocycles. The van der Waals surface area contributed by atoms with Crippen molar-refractivity contribution in [2.75, 3.05) is 23.7 Å². The van der Waals surface area contributed by atoms with Crippen LogP contribution in [0.25, 0.3) is 39.5 Å². The molecule has 0 spiro atoms. The van der Waals surface area contributed by atoms with Gasteiger partial charge in [0.25, 0.3) is 0 Å². The molecule has 5 aromatic rings. The number of aromatic nitrogens is 4. The van der Waals surface area contributed by atoms with Gasteiger partial charge in [-0.05, 0) is 79.8 Å². The van der Waals surface area contributed by atoms with E-state index in [4.69, 9.17) is 21.4 Å². The summed E-state index contributed by atoms with van der Waals surface area (Å²) in [5.41, 5.74) is 20.4. The van der Waals surface area contributed by atoms with E-state index < -0.39 is 0 Å². The summed E-state index contributed by atoms with van der Waals surface area (Å²) in [6.45, 7) is 2.22. The number of benzene rings is 2. The molecule has 0 bridgehead atoms. The minimum atomic E-state index is -0.209. The zero-order valence-corrected chi connectivity index (χ0v) is 21.9. The third kappa shape index (κ3) is 3.99. The second kappa shape index (κ2) is 9.42. The summed E-state index contributed by atoms with van der Waals surface area (Å²) < 4.78 is 2.08. The van der Waals surface area contributed by atoms with Crippen LogP contribution in [-0.4, -0.2) is 32.6 Å².